The fourth-order valence-electron chi connectivity index (χ4n) is 3.11. The van der Waals surface area contributed by atoms with Crippen LogP contribution in [-0.4, -0.2) is 18.0 Å². The minimum Gasteiger partial charge on any atom is -0.495 e. The van der Waals surface area contributed by atoms with Crippen LogP contribution in [0.1, 0.15) is 16.7 Å². The van der Waals surface area contributed by atoms with Crippen LogP contribution in [-0.2, 0) is 11.2 Å². The van der Waals surface area contributed by atoms with E-state index in [1.165, 1.54) is 7.11 Å². The van der Waals surface area contributed by atoms with Gasteiger partial charge in [0.2, 0.25) is 5.91 Å². The number of nitrogens with zero attached hydrogens (tertiary/aromatic N) is 1. The number of aromatic nitrogens is 1. The molecule has 0 saturated heterocycles. The van der Waals surface area contributed by atoms with Crippen molar-refractivity contribution in [3.8, 4) is 11.8 Å². The topological polar surface area (TPSA) is 95.0 Å². The Bertz CT molecular complexity index is 1140. The van der Waals surface area contributed by atoms with Crippen LogP contribution < -0.4 is 15.6 Å². The van der Waals surface area contributed by atoms with Crippen LogP contribution in [0, 0.1) is 31.1 Å². The first-order chi connectivity index (χ1) is 13.4. The molecule has 0 spiro atoms. The predicted molar refractivity (Wildman–Crippen MR) is 108 cm³/mol. The highest BCUT2D eigenvalue weighted by molar-refractivity contribution is 5.95. The van der Waals surface area contributed by atoms with Gasteiger partial charge in [0.15, 0.2) is 0 Å². The van der Waals surface area contributed by atoms with Crippen LogP contribution >= 0.6 is 0 Å². The van der Waals surface area contributed by atoms with Crippen molar-refractivity contribution in [2.24, 2.45) is 5.92 Å². The summed E-state index contributed by atoms with van der Waals surface area (Å²) < 4.78 is 5.21. The average molecular weight is 375 g/mol. The van der Waals surface area contributed by atoms with E-state index in [2.05, 4.69) is 10.3 Å². The molecule has 3 rings (SSSR count). The number of hydrogen-bond donors (Lipinski definition) is 2. The lowest BCUT2D eigenvalue weighted by Gasteiger charge is -2.13. The lowest BCUT2D eigenvalue weighted by molar-refractivity contribution is -0.118. The van der Waals surface area contributed by atoms with Crippen LogP contribution in [0.2, 0.25) is 0 Å². The number of carbonyl (C=O) groups is 1. The molecule has 0 aliphatic carbocycles. The summed E-state index contributed by atoms with van der Waals surface area (Å²) in [5.41, 5.74) is 3.47. The van der Waals surface area contributed by atoms with Crippen LogP contribution in [0.25, 0.3) is 10.9 Å². The van der Waals surface area contributed by atoms with Gasteiger partial charge in [0.1, 0.15) is 11.7 Å². The van der Waals surface area contributed by atoms with Crippen LogP contribution in [0.5, 0.6) is 5.75 Å². The molecule has 0 aliphatic heterocycles. The van der Waals surface area contributed by atoms with E-state index in [-0.39, 0.29) is 12.0 Å². The zero-order valence-electron chi connectivity index (χ0n) is 16.0. The van der Waals surface area contributed by atoms with Crippen molar-refractivity contribution in [2.75, 3.05) is 12.4 Å². The maximum atomic E-state index is 12.6. The van der Waals surface area contributed by atoms with Crippen molar-refractivity contribution < 1.29 is 9.53 Å². The van der Waals surface area contributed by atoms with Crippen molar-refractivity contribution in [3.63, 3.8) is 0 Å². The second kappa shape index (κ2) is 7.97. The number of pyridine rings is 1. The number of para-hydroxylation sites is 2. The normalized spacial score (nSPS) is 11.6. The molecule has 0 radical (unpaired) electrons. The van der Waals surface area contributed by atoms with Gasteiger partial charge in [0.05, 0.1) is 24.4 Å². The summed E-state index contributed by atoms with van der Waals surface area (Å²) in [5.74, 6) is -0.983. The molecular weight excluding hydrogens is 354 g/mol. The number of H-pyrrole nitrogens is 1. The van der Waals surface area contributed by atoms with Crippen molar-refractivity contribution in [3.05, 3.63) is 69.5 Å². The van der Waals surface area contributed by atoms with Crippen LogP contribution in [0.3, 0.4) is 0 Å². The standard InChI is InChI=1S/C22H21N3O3/c1-13-8-9-15-10-16(21(26)25-20(15)14(13)2)11-17(12-23)22(27)24-18-6-4-5-7-19(18)28-3/h4-10,17H,11H2,1-3H3,(H,24,27)(H,25,26). The fourth-order valence-corrected chi connectivity index (χ4v) is 3.11. The summed E-state index contributed by atoms with van der Waals surface area (Å²) in [4.78, 5) is 28.0. The Kier molecular flexibility index (Phi) is 5.46. The van der Waals surface area contributed by atoms with E-state index in [1.807, 2.05) is 32.0 Å². The number of nitrogens with one attached hydrogen (secondary N) is 2. The highest BCUT2D eigenvalue weighted by Crippen LogP contribution is 2.24. The van der Waals surface area contributed by atoms with Crippen LogP contribution in [0.4, 0.5) is 5.69 Å². The smallest absolute Gasteiger partial charge is 0.251 e. The zero-order valence-corrected chi connectivity index (χ0v) is 16.0. The van der Waals surface area contributed by atoms with E-state index in [4.69, 9.17) is 4.74 Å². The number of hydrogen-bond acceptors (Lipinski definition) is 4. The van der Waals surface area contributed by atoms with Gasteiger partial charge in [-0.15, -0.1) is 0 Å². The number of carbonyl (C=O) groups excluding carboxylic acids is 1. The summed E-state index contributed by atoms with van der Waals surface area (Å²) >= 11 is 0. The van der Waals surface area contributed by atoms with Gasteiger partial charge in [-0.25, -0.2) is 0 Å². The van der Waals surface area contributed by atoms with E-state index >= 15 is 0 Å². The summed E-state index contributed by atoms with van der Waals surface area (Å²) in [6, 6.07) is 14.6. The zero-order chi connectivity index (χ0) is 20.3. The fraction of sp³-hybridized carbons (Fsp3) is 0.227. The van der Waals surface area contributed by atoms with E-state index < -0.39 is 11.8 Å². The average Bonchev–Trinajstić information content (AvgIpc) is 2.70. The van der Waals surface area contributed by atoms with Gasteiger partial charge in [0.25, 0.3) is 5.56 Å². The third-order valence-corrected chi connectivity index (χ3v) is 4.89. The Morgan fingerprint density at radius 1 is 1.25 bits per heavy atom. The van der Waals surface area contributed by atoms with E-state index in [1.54, 1.807) is 30.3 Å². The number of nitriles is 1. The van der Waals surface area contributed by atoms with Crippen molar-refractivity contribution in [2.45, 2.75) is 20.3 Å². The molecule has 3 aromatic rings. The van der Waals surface area contributed by atoms with Gasteiger partial charge < -0.3 is 15.0 Å². The van der Waals surface area contributed by atoms with Gasteiger partial charge in [-0.3, -0.25) is 9.59 Å². The lowest BCUT2D eigenvalue weighted by atomic mass is 9.98. The lowest BCUT2D eigenvalue weighted by Crippen LogP contribution is -2.26. The highest BCUT2D eigenvalue weighted by atomic mass is 16.5. The number of aryl methyl sites for hydroxylation is 2. The Morgan fingerprint density at radius 3 is 2.71 bits per heavy atom. The first-order valence-corrected chi connectivity index (χ1v) is 8.90. The molecule has 28 heavy (non-hydrogen) atoms. The van der Waals surface area contributed by atoms with Crippen molar-refractivity contribution in [1.29, 1.82) is 5.26 Å². The SMILES string of the molecule is COc1ccccc1NC(=O)C(C#N)Cc1cc2ccc(C)c(C)c2[nH]c1=O. The molecule has 6 nitrogen and oxygen atoms in total. The Morgan fingerprint density at radius 2 is 2.00 bits per heavy atom. The number of fused-ring (bicyclic) bond motifs is 1. The first-order valence-electron chi connectivity index (χ1n) is 8.90. The number of benzene rings is 2. The molecule has 1 amide bonds. The summed E-state index contributed by atoms with van der Waals surface area (Å²) in [5, 5.41) is 13.1. The van der Waals surface area contributed by atoms with Crippen molar-refractivity contribution >= 4 is 22.5 Å². The molecule has 0 bridgehead atoms. The second-order valence-electron chi connectivity index (χ2n) is 6.67. The molecule has 1 atom stereocenters. The number of rotatable bonds is 5. The number of amides is 1. The molecule has 0 fully saturated rings. The monoisotopic (exact) mass is 375 g/mol. The van der Waals surface area contributed by atoms with Gasteiger partial charge >= 0.3 is 0 Å². The Labute approximate surface area is 162 Å². The number of methoxy groups -OCH3 is 1. The molecule has 1 heterocycles. The van der Waals surface area contributed by atoms with Crippen LogP contribution in [0.15, 0.2) is 47.3 Å². The molecule has 1 aromatic heterocycles. The molecule has 2 N–H and O–H groups in total. The Hall–Kier alpha value is -3.59. The van der Waals surface area contributed by atoms with Gasteiger partial charge in [-0.1, -0.05) is 24.3 Å². The molecular formula is C22H21N3O3. The predicted octanol–water partition coefficient (Wildman–Crippen LogP) is 3.47. The molecule has 142 valence electrons. The number of ether oxygens (including phenoxy) is 1. The highest BCUT2D eigenvalue weighted by Gasteiger charge is 2.21. The van der Waals surface area contributed by atoms with Gasteiger partial charge in [0, 0.05) is 12.0 Å². The molecule has 2 aromatic carbocycles. The van der Waals surface area contributed by atoms with Crippen molar-refractivity contribution in [1.82, 2.24) is 4.98 Å². The minimum absolute atomic E-state index is 0.0235. The molecule has 1 unspecified atom stereocenters. The molecule has 0 saturated carbocycles. The number of aromatic amines is 1. The summed E-state index contributed by atoms with van der Waals surface area (Å²) in [7, 11) is 1.51. The van der Waals surface area contributed by atoms with Gasteiger partial charge in [-0.05, 0) is 48.6 Å². The first kappa shape index (κ1) is 19.2. The maximum absolute atomic E-state index is 12.6. The largest absolute Gasteiger partial charge is 0.495 e. The molecule has 0 aliphatic rings. The quantitative estimate of drug-likeness (QED) is 0.714. The Balaban J connectivity index is 1.87. The van der Waals surface area contributed by atoms with E-state index in [0.717, 1.165) is 22.0 Å². The minimum atomic E-state index is -1.00. The van der Waals surface area contributed by atoms with E-state index in [9.17, 15) is 14.9 Å². The summed E-state index contributed by atoms with van der Waals surface area (Å²) in [6.45, 7) is 3.93. The third-order valence-electron chi connectivity index (χ3n) is 4.89. The third kappa shape index (κ3) is 3.74. The number of anilines is 1. The summed E-state index contributed by atoms with van der Waals surface area (Å²) in [6.07, 6.45) is 0.0235. The van der Waals surface area contributed by atoms with Gasteiger partial charge in [-0.2, -0.15) is 5.26 Å². The van der Waals surface area contributed by atoms with E-state index in [0.29, 0.717) is 17.0 Å². The maximum Gasteiger partial charge on any atom is 0.251 e. The molecule has 6 heteroatoms. The second-order valence-corrected chi connectivity index (χ2v) is 6.67.